The molecule has 116 valence electrons. The summed E-state index contributed by atoms with van der Waals surface area (Å²) in [5, 5.41) is -0.452. The molecule has 1 saturated carbocycles. The smallest absolute Gasteiger partial charge is 0.310 e. The van der Waals surface area contributed by atoms with Crippen molar-refractivity contribution in [2.75, 3.05) is 11.8 Å². The van der Waals surface area contributed by atoms with Crippen molar-refractivity contribution in [1.29, 1.82) is 0 Å². The molecular weight excluding hydrogens is 316 g/mol. The predicted octanol–water partition coefficient (Wildman–Crippen LogP) is 2.13. The third-order valence-electron chi connectivity index (χ3n) is 3.63. The molecule has 0 aromatic carbocycles. The number of nitrogens with one attached hydrogen (secondary N) is 1. The van der Waals surface area contributed by atoms with Gasteiger partial charge in [-0.3, -0.25) is 9.52 Å². The number of ether oxygens (including phenoxy) is 1. The number of esters is 1. The molecule has 1 aromatic heterocycles. The fraction of sp³-hybridized carbons (Fsp3) is 0.538. The second-order valence-corrected chi connectivity index (χ2v) is 7.34. The average molecular weight is 333 g/mol. The number of nitrogens with zero attached hydrogens (tertiary/aromatic N) is 1. The van der Waals surface area contributed by atoms with Crippen LogP contribution in [-0.2, 0) is 19.6 Å². The van der Waals surface area contributed by atoms with E-state index in [1.165, 1.54) is 13.3 Å². The maximum atomic E-state index is 12.4. The van der Waals surface area contributed by atoms with Crippen molar-refractivity contribution in [3.05, 3.63) is 23.0 Å². The average Bonchev–Trinajstić information content (AvgIpc) is 2.92. The van der Waals surface area contributed by atoms with Crippen LogP contribution in [0.15, 0.2) is 12.3 Å². The molecule has 1 N–H and O–H groups in total. The highest BCUT2D eigenvalue weighted by Gasteiger charge is 2.42. The largest absolute Gasteiger partial charge is 0.469 e. The highest BCUT2D eigenvalue weighted by atomic mass is 35.5. The summed E-state index contributed by atoms with van der Waals surface area (Å²) in [5.74, 6) is -1.10. The quantitative estimate of drug-likeness (QED) is 0.674. The molecule has 0 amide bonds. The number of carbonyl (C=O) groups excluding carboxylic acids is 1. The first-order valence-corrected chi connectivity index (χ1v) is 8.49. The topological polar surface area (TPSA) is 85.4 Å². The number of anilines is 1. The molecule has 0 radical (unpaired) electrons. The Morgan fingerprint density at radius 1 is 1.48 bits per heavy atom. The summed E-state index contributed by atoms with van der Waals surface area (Å²) in [7, 11) is -2.41. The van der Waals surface area contributed by atoms with E-state index in [0.29, 0.717) is 35.7 Å². The van der Waals surface area contributed by atoms with Gasteiger partial charge in [0.25, 0.3) is 0 Å². The monoisotopic (exact) mass is 332 g/mol. The summed E-state index contributed by atoms with van der Waals surface area (Å²) in [6, 6.07) is 1.61. The van der Waals surface area contributed by atoms with Gasteiger partial charge >= 0.3 is 5.97 Å². The summed E-state index contributed by atoms with van der Waals surface area (Å²) < 4.78 is 32.1. The van der Waals surface area contributed by atoms with Crippen molar-refractivity contribution < 1.29 is 17.9 Å². The molecule has 1 fully saturated rings. The highest BCUT2D eigenvalue weighted by Crippen LogP contribution is 2.33. The van der Waals surface area contributed by atoms with Gasteiger partial charge in [-0.25, -0.2) is 13.4 Å². The third kappa shape index (κ3) is 3.47. The van der Waals surface area contributed by atoms with Crippen molar-refractivity contribution in [3.63, 3.8) is 0 Å². The van der Waals surface area contributed by atoms with E-state index in [1.54, 1.807) is 13.0 Å². The van der Waals surface area contributed by atoms with Crippen LogP contribution in [-0.4, -0.2) is 31.7 Å². The molecule has 2 rings (SSSR count). The highest BCUT2D eigenvalue weighted by molar-refractivity contribution is 7.93. The Morgan fingerprint density at radius 2 is 2.19 bits per heavy atom. The lowest BCUT2D eigenvalue weighted by Gasteiger charge is -2.19. The summed E-state index contributed by atoms with van der Waals surface area (Å²) in [5.41, 5.74) is 1.01. The Labute approximate surface area is 128 Å². The second kappa shape index (κ2) is 6.19. The van der Waals surface area contributed by atoms with Gasteiger partial charge < -0.3 is 4.74 Å². The van der Waals surface area contributed by atoms with Crippen molar-refractivity contribution >= 4 is 33.3 Å². The van der Waals surface area contributed by atoms with Crippen LogP contribution in [0.3, 0.4) is 0 Å². The maximum Gasteiger partial charge on any atom is 0.310 e. The molecule has 21 heavy (non-hydrogen) atoms. The van der Waals surface area contributed by atoms with Gasteiger partial charge in [0.1, 0.15) is 5.15 Å². The van der Waals surface area contributed by atoms with Crippen molar-refractivity contribution in [3.8, 4) is 0 Å². The molecule has 2 atom stereocenters. The SMILES string of the molecule is COC(=O)C1CCCC1S(=O)(=O)Nc1cnc(Cl)c(C)c1. The molecule has 1 aromatic rings. The summed E-state index contributed by atoms with van der Waals surface area (Å²) in [6.45, 7) is 1.74. The first kappa shape index (κ1) is 16.0. The van der Waals surface area contributed by atoms with E-state index in [-0.39, 0.29) is 0 Å². The maximum absolute atomic E-state index is 12.4. The van der Waals surface area contributed by atoms with Crippen LogP contribution in [0.4, 0.5) is 5.69 Å². The minimum atomic E-state index is -3.68. The number of halogens is 1. The van der Waals surface area contributed by atoms with E-state index < -0.39 is 27.2 Å². The lowest BCUT2D eigenvalue weighted by atomic mass is 10.1. The van der Waals surface area contributed by atoms with E-state index in [9.17, 15) is 13.2 Å². The summed E-state index contributed by atoms with van der Waals surface area (Å²) >= 11 is 5.81. The first-order valence-electron chi connectivity index (χ1n) is 6.56. The zero-order valence-corrected chi connectivity index (χ0v) is 13.4. The molecule has 0 aliphatic heterocycles. The number of carbonyl (C=O) groups is 1. The number of sulfonamides is 1. The second-order valence-electron chi connectivity index (χ2n) is 5.08. The molecule has 0 saturated heterocycles. The van der Waals surface area contributed by atoms with E-state index in [2.05, 4.69) is 14.4 Å². The van der Waals surface area contributed by atoms with E-state index in [1.807, 2.05) is 0 Å². The zero-order valence-electron chi connectivity index (χ0n) is 11.8. The third-order valence-corrected chi connectivity index (χ3v) is 5.91. The molecule has 2 unspecified atom stereocenters. The van der Waals surface area contributed by atoms with Gasteiger partial charge in [-0.05, 0) is 31.4 Å². The zero-order chi connectivity index (χ0) is 15.6. The molecule has 8 heteroatoms. The van der Waals surface area contributed by atoms with E-state index >= 15 is 0 Å². The Hall–Kier alpha value is -1.34. The van der Waals surface area contributed by atoms with Crippen LogP contribution >= 0.6 is 11.6 Å². The molecule has 6 nitrogen and oxygen atoms in total. The number of pyridine rings is 1. The predicted molar refractivity (Wildman–Crippen MR) is 79.7 cm³/mol. The first-order chi connectivity index (χ1) is 9.85. The van der Waals surface area contributed by atoms with Crippen LogP contribution in [0.5, 0.6) is 0 Å². The van der Waals surface area contributed by atoms with Gasteiger partial charge in [0.2, 0.25) is 10.0 Å². The molecule has 0 spiro atoms. The Kier molecular flexibility index (Phi) is 4.73. The summed E-state index contributed by atoms with van der Waals surface area (Å²) in [4.78, 5) is 15.6. The number of aromatic nitrogens is 1. The minimum Gasteiger partial charge on any atom is -0.469 e. The van der Waals surface area contributed by atoms with Gasteiger partial charge in [0, 0.05) is 0 Å². The number of aryl methyl sites for hydroxylation is 1. The molecule has 1 aliphatic rings. The Balaban J connectivity index is 2.21. The Bertz CT molecular complexity index is 648. The lowest BCUT2D eigenvalue weighted by molar-refractivity contribution is -0.145. The fourth-order valence-electron chi connectivity index (χ4n) is 2.57. The molecule has 0 bridgehead atoms. The number of rotatable bonds is 4. The number of hydrogen-bond acceptors (Lipinski definition) is 5. The van der Waals surface area contributed by atoms with Crippen molar-refractivity contribution in [2.24, 2.45) is 5.92 Å². The minimum absolute atomic E-state index is 0.325. The van der Waals surface area contributed by atoms with E-state index in [0.717, 1.165) is 0 Å². The molecule has 1 heterocycles. The Morgan fingerprint density at radius 3 is 2.81 bits per heavy atom. The van der Waals surface area contributed by atoms with Crippen molar-refractivity contribution in [2.45, 2.75) is 31.4 Å². The van der Waals surface area contributed by atoms with Crippen LogP contribution in [0.2, 0.25) is 5.15 Å². The van der Waals surface area contributed by atoms with Gasteiger partial charge in [-0.2, -0.15) is 0 Å². The standard InChI is InChI=1S/C13H17ClN2O4S/c1-8-6-9(7-15-12(8)14)16-21(18,19)11-5-3-4-10(11)13(17)20-2/h6-7,10-11,16H,3-5H2,1-2H3. The fourth-order valence-corrected chi connectivity index (χ4v) is 4.42. The van der Waals surface area contributed by atoms with Crippen LogP contribution in [0.1, 0.15) is 24.8 Å². The number of hydrogen-bond donors (Lipinski definition) is 1. The van der Waals surface area contributed by atoms with E-state index in [4.69, 9.17) is 11.6 Å². The normalized spacial score (nSPS) is 22.0. The van der Waals surface area contributed by atoms with Crippen LogP contribution < -0.4 is 4.72 Å². The number of methoxy groups -OCH3 is 1. The van der Waals surface area contributed by atoms with Crippen molar-refractivity contribution in [1.82, 2.24) is 4.98 Å². The van der Waals surface area contributed by atoms with Gasteiger partial charge in [-0.15, -0.1) is 0 Å². The summed E-state index contributed by atoms with van der Waals surface area (Å²) in [6.07, 6.45) is 3.00. The van der Waals surface area contributed by atoms with Gasteiger partial charge in [0.05, 0.1) is 30.2 Å². The van der Waals surface area contributed by atoms with Crippen LogP contribution in [0.25, 0.3) is 0 Å². The van der Waals surface area contributed by atoms with Gasteiger partial charge in [-0.1, -0.05) is 18.0 Å². The van der Waals surface area contributed by atoms with Crippen LogP contribution in [0, 0.1) is 12.8 Å². The molecular formula is C13H17ClN2O4S. The lowest BCUT2D eigenvalue weighted by Crippen LogP contribution is -2.35. The molecule has 1 aliphatic carbocycles. The van der Waals surface area contributed by atoms with Gasteiger partial charge in [0.15, 0.2) is 0 Å².